The molecule has 1 atom stereocenters. The lowest BCUT2D eigenvalue weighted by Crippen LogP contribution is -2.22. The van der Waals surface area contributed by atoms with Crippen molar-refractivity contribution in [3.8, 4) is 11.1 Å². The summed E-state index contributed by atoms with van der Waals surface area (Å²) >= 11 is 0. The van der Waals surface area contributed by atoms with Gasteiger partial charge in [-0.1, -0.05) is 12.1 Å². The van der Waals surface area contributed by atoms with E-state index in [4.69, 9.17) is 12.3 Å². The minimum Gasteiger partial charge on any atom is -0.392 e. The van der Waals surface area contributed by atoms with Crippen LogP contribution in [-0.2, 0) is 0 Å². The Morgan fingerprint density at radius 3 is 2.66 bits per heavy atom. The fraction of sp³-hybridized carbons (Fsp3) is 0.130. The van der Waals surface area contributed by atoms with Gasteiger partial charge in [0.15, 0.2) is 11.6 Å². The Labute approximate surface area is 182 Å². The van der Waals surface area contributed by atoms with E-state index >= 15 is 0 Å². The average Bonchev–Trinajstić information content (AvgIpc) is 2.76. The summed E-state index contributed by atoms with van der Waals surface area (Å²) in [6.45, 7) is 10.9. The SMILES string of the molecule is [C-]#[N+]c1c(N)ncnc1N[C@H](C)c1cc2cccc(C)n2c(=O)c1-c1ccc(F)c(F)c1. The fourth-order valence-electron chi connectivity index (χ4n) is 3.67. The van der Waals surface area contributed by atoms with Crippen LogP contribution >= 0.6 is 0 Å². The van der Waals surface area contributed by atoms with Crippen LogP contribution in [0.15, 0.2) is 53.6 Å². The van der Waals surface area contributed by atoms with E-state index in [9.17, 15) is 13.6 Å². The molecule has 3 N–H and O–H groups in total. The summed E-state index contributed by atoms with van der Waals surface area (Å²) in [4.78, 5) is 24.8. The zero-order chi connectivity index (χ0) is 23.0. The highest BCUT2D eigenvalue weighted by Crippen LogP contribution is 2.33. The molecule has 0 aliphatic carbocycles. The maximum Gasteiger partial charge on any atom is 0.268 e. The number of rotatable bonds is 4. The molecule has 0 aliphatic rings. The highest BCUT2D eigenvalue weighted by molar-refractivity contribution is 5.77. The molecule has 0 fully saturated rings. The van der Waals surface area contributed by atoms with E-state index in [1.807, 2.05) is 6.07 Å². The smallest absolute Gasteiger partial charge is 0.268 e. The molecule has 0 unspecified atom stereocenters. The van der Waals surface area contributed by atoms with Gasteiger partial charge in [-0.15, -0.1) is 0 Å². The number of benzene rings is 1. The molecule has 3 aromatic heterocycles. The summed E-state index contributed by atoms with van der Waals surface area (Å²) < 4.78 is 29.1. The molecule has 0 spiro atoms. The number of pyridine rings is 2. The Morgan fingerprint density at radius 1 is 1.16 bits per heavy atom. The van der Waals surface area contributed by atoms with E-state index in [-0.39, 0.29) is 34.0 Å². The zero-order valence-electron chi connectivity index (χ0n) is 17.2. The number of hydrogen-bond acceptors (Lipinski definition) is 5. The first-order valence-electron chi connectivity index (χ1n) is 9.67. The van der Waals surface area contributed by atoms with Crippen molar-refractivity contribution in [2.24, 2.45) is 0 Å². The number of nitrogens with two attached hydrogens (primary N) is 1. The molecule has 0 bridgehead atoms. The molecular weight excluding hydrogens is 414 g/mol. The highest BCUT2D eigenvalue weighted by Gasteiger charge is 2.21. The third-order valence-electron chi connectivity index (χ3n) is 5.21. The van der Waals surface area contributed by atoms with E-state index in [2.05, 4.69) is 20.1 Å². The molecule has 4 rings (SSSR count). The van der Waals surface area contributed by atoms with Crippen molar-refractivity contribution in [2.75, 3.05) is 11.1 Å². The molecule has 1 aromatic carbocycles. The number of nitrogens with zero attached hydrogens (tertiary/aromatic N) is 4. The van der Waals surface area contributed by atoms with Crippen molar-refractivity contribution in [3.05, 3.63) is 93.5 Å². The third-order valence-corrected chi connectivity index (χ3v) is 5.21. The standard InChI is InChI=1S/C23H18F2N6O/c1-12-5-4-6-15-10-16(13(2)30-22-20(27-3)21(26)28-11-29-22)19(23(32)31(12)15)14-7-8-17(24)18(25)9-14/h4-11,13H,1-2H3,(H3,26,28,29,30)/t13-/m1/s1. The van der Waals surface area contributed by atoms with Crippen molar-refractivity contribution in [1.82, 2.24) is 14.4 Å². The van der Waals surface area contributed by atoms with Gasteiger partial charge < -0.3 is 11.1 Å². The topological polar surface area (TPSA) is 89.7 Å². The molecule has 0 aliphatic heterocycles. The van der Waals surface area contributed by atoms with E-state index < -0.39 is 17.7 Å². The van der Waals surface area contributed by atoms with Gasteiger partial charge in [-0.25, -0.2) is 23.6 Å². The monoisotopic (exact) mass is 432 g/mol. The first-order valence-corrected chi connectivity index (χ1v) is 9.67. The Hall–Kier alpha value is -4.32. The molecular formula is C23H18F2N6O. The Bertz CT molecular complexity index is 1460. The number of anilines is 2. The third kappa shape index (κ3) is 3.52. The molecule has 7 nitrogen and oxygen atoms in total. The summed E-state index contributed by atoms with van der Waals surface area (Å²) in [5.41, 5.74) is 7.77. The fourth-order valence-corrected chi connectivity index (χ4v) is 3.67. The number of nitrogens with one attached hydrogen (secondary N) is 1. The number of fused-ring (bicyclic) bond motifs is 1. The summed E-state index contributed by atoms with van der Waals surface area (Å²) in [7, 11) is 0. The van der Waals surface area contributed by atoms with Gasteiger partial charge in [0, 0.05) is 17.3 Å². The summed E-state index contributed by atoms with van der Waals surface area (Å²) in [6, 6.07) is 10.0. The van der Waals surface area contributed by atoms with Crippen LogP contribution in [0.4, 0.5) is 26.1 Å². The molecule has 9 heteroatoms. The molecule has 0 saturated heterocycles. The highest BCUT2D eigenvalue weighted by atomic mass is 19.2. The van der Waals surface area contributed by atoms with E-state index in [0.29, 0.717) is 16.8 Å². The first-order chi connectivity index (χ1) is 15.3. The van der Waals surface area contributed by atoms with E-state index in [1.165, 1.54) is 16.8 Å². The van der Waals surface area contributed by atoms with Crippen molar-refractivity contribution < 1.29 is 8.78 Å². The van der Waals surface area contributed by atoms with Gasteiger partial charge >= 0.3 is 0 Å². The summed E-state index contributed by atoms with van der Waals surface area (Å²) in [5.74, 6) is -1.82. The van der Waals surface area contributed by atoms with Crippen molar-refractivity contribution >= 4 is 22.8 Å². The van der Waals surface area contributed by atoms with Crippen LogP contribution in [0, 0.1) is 25.1 Å². The van der Waals surface area contributed by atoms with Crippen LogP contribution in [0.5, 0.6) is 0 Å². The van der Waals surface area contributed by atoms with Gasteiger partial charge in [0.05, 0.1) is 12.1 Å². The largest absolute Gasteiger partial charge is 0.392 e. The lowest BCUT2D eigenvalue weighted by molar-refractivity contribution is 0.509. The van der Waals surface area contributed by atoms with Crippen molar-refractivity contribution in [1.29, 1.82) is 0 Å². The number of aromatic nitrogens is 3. The summed E-state index contributed by atoms with van der Waals surface area (Å²) in [5, 5.41) is 3.10. The number of aryl methyl sites for hydroxylation is 1. The lowest BCUT2D eigenvalue weighted by Gasteiger charge is -2.21. The maximum absolute atomic E-state index is 14.0. The van der Waals surface area contributed by atoms with Gasteiger partial charge in [-0.3, -0.25) is 9.20 Å². The Kier molecular flexibility index (Phi) is 5.28. The van der Waals surface area contributed by atoms with Gasteiger partial charge in [0.2, 0.25) is 0 Å². The quantitative estimate of drug-likeness (QED) is 0.458. The predicted molar refractivity (Wildman–Crippen MR) is 119 cm³/mol. The van der Waals surface area contributed by atoms with Gasteiger partial charge in [0.1, 0.15) is 18.0 Å². The zero-order valence-corrected chi connectivity index (χ0v) is 17.2. The van der Waals surface area contributed by atoms with Gasteiger partial charge in [-0.2, -0.15) is 0 Å². The van der Waals surface area contributed by atoms with Crippen LogP contribution in [0.1, 0.15) is 24.2 Å². The van der Waals surface area contributed by atoms with E-state index in [0.717, 1.165) is 12.1 Å². The average molecular weight is 432 g/mol. The Balaban J connectivity index is 1.96. The lowest BCUT2D eigenvalue weighted by atomic mass is 9.96. The first kappa shape index (κ1) is 20.9. The number of nitrogen functional groups attached to an aromatic ring is 1. The molecule has 160 valence electrons. The molecule has 0 radical (unpaired) electrons. The van der Waals surface area contributed by atoms with Crippen LogP contribution in [0.3, 0.4) is 0 Å². The molecule has 32 heavy (non-hydrogen) atoms. The van der Waals surface area contributed by atoms with Crippen molar-refractivity contribution in [3.63, 3.8) is 0 Å². The molecule has 0 saturated carbocycles. The van der Waals surface area contributed by atoms with Crippen LogP contribution in [0.2, 0.25) is 0 Å². The van der Waals surface area contributed by atoms with Crippen molar-refractivity contribution in [2.45, 2.75) is 19.9 Å². The van der Waals surface area contributed by atoms with Crippen LogP contribution < -0.4 is 16.6 Å². The molecule has 4 aromatic rings. The second-order valence-corrected chi connectivity index (χ2v) is 7.27. The second-order valence-electron chi connectivity index (χ2n) is 7.27. The number of halogens is 2. The summed E-state index contributed by atoms with van der Waals surface area (Å²) in [6.07, 6.45) is 1.23. The van der Waals surface area contributed by atoms with Crippen LogP contribution in [0.25, 0.3) is 21.5 Å². The second kappa shape index (κ2) is 8.07. The predicted octanol–water partition coefficient (Wildman–Crippen LogP) is 4.65. The Morgan fingerprint density at radius 2 is 1.94 bits per heavy atom. The van der Waals surface area contributed by atoms with E-state index in [1.54, 1.807) is 32.0 Å². The minimum absolute atomic E-state index is 0.0275. The van der Waals surface area contributed by atoms with Crippen LogP contribution in [-0.4, -0.2) is 14.4 Å². The normalized spacial score (nSPS) is 11.8. The molecule has 3 heterocycles. The van der Waals surface area contributed by atoms with Gasteiger partial charge in [0.25, 0.3) is 11.2 Å². The van der Waals surface area contributed by atoms with Gasteiger partial charge in [-0.05, 0) is 55.3 Å². The minimum atomic E-state index is -1.05. The maximum atomic E-state index is 14.0. The molecule has 0 amide bonds. The number of hydrogen-bond donors (Lipinski definition) is 2.